The first-order valence-electron chi connectivity index (χ1n) is 9.57. The molecule has 0 aliphatic carbocycles. The van der Waals surface area contributed by atoms with Crippen LogP contribution in [0.3, 0.4) is 0 Å². The summed E-state index contributed by atoms with van der Waals surface area (Å²) in [6.45, 7) is 0.347. The predicted octanol–water partition coefficient (Wildman–Crippen LogP) is 6.38. The second kappa shape index (κ2) is 11.7. The van der Waals surface area contributed by atoms with Crippen molar-refractivity contribution in [3.05, 3.63) is 65.8 Å². The van der Waals surface area contributed by atoms with Gasteiger partial charge in [0, 0.05) is 26.4 Å². The average Bonchev–Trinajstić information content (AvgIpc) is 3.03. The highest BCUT2D eigenvalue weighted by Crippen LogP contribution is 2.35. The van der Waals surface area contributed by atoms with Gasteiger partial charge in [-0.05, 0) is 74.2 Å². The summed E-state index contributed by atoms with van der Waals surface area (Å²) in [5, 5.41) is 2.87. The Hall–Kier alpha value is -1.53. The smallest absolute Gasteiger partial charge is 0.337 e. The van der Waals surface area contributed by atoms with Crippen molar-refractivity contribution in [2.24, 2.45) is 0 Å². The molecule has 0 bridgehead atoms. The van der Waals surface area contributed by atoms with Gasteiger partial charge in [-0.15, -0.1) is 0 Å². The fraction of sp³-hybridized carbons (Fsp3) is 0.182. The fourth-order valence-corrected chi connectivity index (χ4v) is 6.70. The van der Waals surface area contributed by atoms with E-state index in [1.165, 1.54) is 23.8 Å². The number of benzene rings is 2. The Bertz CT molecular complexity index is 1130. The quantitative estimate of drug-likeness (QED) is 0.209. The van der Waals surface area contributed by atoms with E-state index in [1.807, 2.05) is 12.1 Å². The van der Waals surface area contributed by atoms with Crippen molar-refractivity contribution in [2.45, 2.75) is 12.8 Å². The maximum absolute atomic E-state index is 12.8. The van der Waals surface area contributed by atoms with Crippen molar-refractivity contribution in [1.82, 2.24) is 4.90 Å². The van der Waals surface area contributed by atoms with Crippen LogP contribution in [-0.2, 0) is 14.3 Å². The molecule has 1 aliphatic rings. The number of esters is 1. The molecule has 1 aliphatic heterocycles. The zero-order valence-corrected chi connectivity index (χ0v) is 23.6. The lowest BCUT2D eigenvalue weighted by Gasteiger charge is -2.14. The lowest BCUT2D eigenvalue weighted by molar-refractivity contribution is -0.122. The number of hydrogen-bond acceptors (Lipinski definition) is 6. The average molecular weight is 677 g/mol. The number of anilines is 1. The molecule has 0 atom stereocenters. The SMILES string of the molecule is COC(=O)c1ccc(C=C2SC(=S)N(CCCC(=O)Nc3c(Br)cc(Br)cc3Br)C2=O)cc1. The Labute approximate surface area is 225 Å². The van der Waals surface area contributed by atoms with Crippen LogP contribution in [-0.4, -0.2) is 40.7 Å². The predicted molar refractivity (Wildman–Crippen MR) is 145 cm³/mol. The van der Waals surface area contributed by atoms with Crippen LogP contribution in [0.5, 0.6) is 0 Å². The van der Waals surface area contributed by atoms with Gasteiger partial charge in [-0.3, -0.25) is 14.5 Å². The standard InChI is InChI=1S/C22H17Br3N2O4S2/c1-31-21(30)13-6-4-12(5-7-13)9-17-20(29)27(22(32)33-17)8-2-3-18(28)26-19-15(24)10-14(23)11-16(19)25/h4-7,9-11H,2-3,8H2,1H3,(H,26,28). The number of halogens is 3. The molecule has 0 radical (unpaired) electrons. The van der Waals surface area contributed by atoms with Gasteiger partial charge in [0.1, 0.15) is 4.32 Å². The summed E-state index contributed by atoms with van der Waals surface area (Å²) >= 11 is 16.8. The maximum atomic E-state index is 12.8. The van der Waals surface area contributed by atoms with E-state index in [9.17, 15) is 14.4 Å². The van der Waals surface area contributed by atoms with Gasteiger partial charge in [0.05, 0.1) is 23.3 Å². The minimum atomic E-state index is -0.420. The van der Waals surface area contributed by atoms with Gasteiger partial charge in [0.2, 0.25) is 5.91 Å². The molecule has 2 aromatic rings. The summed E-state index contributed by atoms with van der Waals surface area (Å²) in [6.07, 6.45) is 2.43. The van der Waals surface area contributed by atoms with E-state index in [1.54, 1.807) is 30.3 Å². The molecule has 1 N–H and O–H groups in total. The molecule has 1 fully saturated rings. The Balaban J connectivity index is 1.56. The largest absolute Gasteiger partial charge is 0.465 e. The number of nitrogens with one attached hydrogen (secondary N) is 1. The monoisotopic (exact) mass is 674 g/mol. The molecule has 6 nitrogen and oxygen atoms in total. The second-order valence-corrected chi connectivity index (χ2v) is 11.1. The molecule has 3 rings (SSSR count). The Morgan fingerprint density at radius 1 is 1.15 bits per heavy atom. The van der Waals surface area contributed by atoms with Gasteiger partial charge < -0.3 is 10.1 Å². The lowest BCUT2D eigenvalue weighted by atomic mass is 10.1. The fourth-order valence-electron chi connectivity index (χ4n) is 2.94. The van der Waals surface area contributed by atoms with Crippen LogP contribution in [0, 0.1) is 0 Å². The van der Waals surface area contributed by atoms with Crippen LogP contribution < -0.4 is 5.32 Å². The molecular weight excluding hydrogens is 660 g/mol. The third-order valence-electron chi connectivity index (χ3n) is 4.56. The van der Waals surface area contributed by atoms with Gasteiger partial charge in [-0.1, -0.05) is 52.0 Å². The number of hydrogen-bond donors (Lipinski definition) is 1. The van der Waals surface area contributed by atoms with Gasteiger partial charge >= 0.3 is 5.97 Å². The third-order valence-corrected chi connectivity index (χ3v) is 7.65. The Morgan fingerprint density at radius 3 is 2.39 bits per heavy atom. The van der Waals surface area contributed by atoms with E-state index in [-0.39, 0.29) is 18.2 Å². The molecule has 2 amide bonds. The molecule has 2 aromatic carbocycles. The molecule has 0 saturated carbocycles. The third kappa shape index (κ3) is 6.75. The number of rotatable bonds is 7. The number of carbonyl (C=O) groups is 3. The zero-order chi connectivity index (χ0) is 24.1. The molecule has 172 valence electrons. The summed E-state index contributed by atoms with van der Waals surface area (Å²) in [5.41, 5.74) is 1.85. The number of carbonyl (C=O) groups excluding carboxylic acids is 3. The lowest BCUT2D eigenvalue weighted by Crippen LogP contribution is -2.29. The van der Waals surface area contributed by atoms with Crippen LogP contribution >= 0.6 is 71.8 Å². The normalized spacial score (nSPS) is 14.7. The first-order valence-corrected chi connectivity index (χ1v) is 13.2. The summed E-state index contributed by atoms with van der Waals surface area (Å²) in [4.78, 5) is 38.7. The highest BCUT2D eigenvalue weighted by molar-refractivity contribution is 9.11. The number of thioether (sulfide) groups is 1. The van der Waals surface area contributed by atoms with E-state index in [0.717, 1.165) is 19.0 Å². The number of methoxy groups -OCH3 is 1. The molecule has 11 heteroatoms. The summed E-state index contributed by atoms with van der Waals surface area (Å²) in [6, 6.07) is 10.4. The molecule has 0 spiro atoms. The first kappa shape index (κ1) is 26.1. The topological polar surface area (TPSA) is 75.7 Å². The van der Waals surface area contributed by atoms with Gasteiger partial charge in [-0.25, -0.2) is 4.79 Å². The highest BCUT2D eigenvalue weighted by atomic mass is 79.9. The van der Waals surface area contributed by atoms with Crippen LogP contribution in [0.1, 0.15) is 28.8 Å². The van der Waals surface area contributed by atoms with Crippen molar-refractivity contribution in [3.8, 4) is 0 Å². The van der Waals surface area contributed by atoms with Crippen LogP contribution in [0.4, 0.5) is 5.69 Å². The van der Waals surface area contributed by atoms with E-state index in [4.69, 9.17) is 12.2 Å². The van der Waals surface area contributed by atoms with Gasteiger partial charge in [-0.2, -0.15) is 0 Å². The minimum absolute atomic E-state index is 0.162. The van der Waals surface area contributed by atoms with Crippen molar-refractivity contribution >= 4 is 106 Å². The summed E-state index contributed by atoms with van der Waals surface area (Å²) < 4.78 is 7.52. The molecular formula is C22H17Br3N2O4S2. The first-order chi connectivity index (χ1) is 15.7. The van der Waals surface area contributed by atoms with Crippen molar-refractivity contribution in [3.63, 3.8) is 0 Å². The number of ether oxygens (including phenoxy) is 1. The van der Waals surface area contributed by atoms with E-state index in [0.29, 0.717) is 33.4 Å². The second-order valence-electron chi connectivity index (χ2n) is 6.84. The molecule has 0 unspecified atom stereocenters. The highest BCUT2D eigenvalue weighted by Gasteiger charge is 2.31. The Kier molecular flexibility index (Phi) is 9.28. The van der Waals surface area contributed by atoms with Crippen molar-refractivity contribution in [2.75, 3.05) is 19.0 Å². The zero-order valence-electron chi connectivity index (χ0n) is 17.2. The molecule has 33 heavy (non-hydrogen) atoms. The molecule has 1 saturated heterocycles. The minimum Gasteiger partial charge on any atom is -0.465 e. The maximum Gasteiger partial charge on any atom is 0.337 e. The van der Waals surface area contributed by atoms with E-state index < -0.39 is 5.97 Å². The Morgan fingerprint density at radius 2 is 1.79 bits per heavy atom. The van der Waals surface area contributed by atoms with Crippen LogP contribution in [0.15, 0.2) is 54.7 Å². The number of nitrogens with zero attached hydrogens (tertiary/aromatic N) is 1. The van der Waals surface area contributed by atoms with Gasteiger partial charge in [0.25, 0.3) is 5.91 Å². The van der Waals surface area contributed by atoms with Crippen LogP contribution in [0.2, 0.25) is 0 Å². The number of amides is 2. The van der Waals surface area contributed by atoms with E-state index in [2.05, 4.69) is 57.8 Å². The van der Waals surface area contributed by atoms with Crippen LogP contribution in [0.25, 0.3) is 6.08 Å². The summed E-state index contributed by atoms with van der Waals surface area (Å²) in [7, 11) is 1.32. The van der Waals surface area contributed by atoms with Gasteiger partial charge in [0.15, 0.2) is 0 Å². The van der Waals surface area contributed by atoms with Crippen molar-refractivity contribution < 1.29 is 19.1 Å². The van der Waals surface area contributed by atoms with Crippen molar-refractivity contribution in [1.29, 1.82) is 0 Å². The molecule has 0 aromatic heterocycles. The number of thiocarbonyl (C=S) groups is 1. The van der Waals surface area contributed by atoms with E-state index >= 15 is 0 Å². The molecule has 1 heterocycles. The summed E-state index contributed by atoms with van der Waals surface area (Å²) in [5.74, 6) is -0.775.